The van der Waals surface area contributed by atoms with Crippen LogP contribution < -0.4 is 0 Å². The van der Waals surface area contributed by atoms with Gasteiger partial charge >= 0.3 is 8.80 Å². The van der Waals surface area contributed by atoms with E-state index in [0.717, 1.165) is 11.6 Å². The maximum Gasteiger partial charge on any atom is 0.536 e. The van der Waals surface area contributed by atoms with Crippen molar-refractivity contribution in [2.45, 2.75) is 20.3 Å². The highest BCUT2D eigenvalue weighted by Gasteiger charge is 2.45. The Balaban J connectivity index is 3.00. The summed E-state index contributed by atoms with van der Waals surface area (Å²) >= 11 is 0. The van der Waals surface area contributed by atoms with Crippen LogP contribution in [0.2, 0.25) is 0 Å². The van der Waals surface area contributed by atoms with Crippen LogP contribution in [0.25, 0.3) is 0 Å². The third kappa shape index (κ3) is 2.23. The Hall–Kier alpha value is -0.423. The van der Waals surface area contributed by atoms with Crippen molar-refractivity contribution in [2.24, 2.45) is 5.92 Å². The molecule has 15 heavy (non-hydrogen) atoms. The highest BCUT2D eigenvalue weighted by molar-refractivity contribution is 6.70. The van der Waals surface area contributed by atoms with Crippen molar-refractivity contribution in [3.05, 3.63) is 22.9 Å². The fourth-order valence-corrected chi connectivity index (χ4v) is 4.23. The first-order chi connectivity index (χ1) is 7.11. The van der Waals surface area contributed by atoms with Gasteiger partial charge in [-0.05, 0) is 17.9 Å². The molecule has 0 radical (unpaired) electrons. The van der Waals surface area contributed by atoms with Gasteiger partial charge in [0.1, 0.15) is 0 Å². The van der Waals surface area contributed by atoms with Gasteiger partial charge in [0, 0.05) is 26.5 Å². The van der Waals surface area contributed by atoms with Crippen LogP contribution >= 0.6 is 0 Å². The molecule has 0 aromatic heterocycles. The Bertz CT molecular complexity index is 269. The van der Waals surface area contributed by atoms with Gasteiger partial charge in [-0.1, -0.05) is 26.0 Å². The number of hydrogen-bond donors (Lipinski definition) is 0. The smallest absolute Gasteiger partial charge is 0.373 e. The molecule has 0 atom stereocenters. The standard InChI is InChI=1S/C11H20O3Si/c1-9(2)10-7-6-8-11(10)15(12-3,13-4)14-5/h7-9H,6H2,1-5H3. The van der Waals surface area contributed by atoms with E-state index in [9.17, 15) is 0 Å². The lowest BCUT2D eigenvalue weighted by atomic mass is 10.1. The predicted molar refractivity (Wildman–Crippen MR) is 62.4 cm³/mol. The first-order valence-corrected chi connectivity index (χ1v) is 6.90. The molecule has 0 bridgehead atoms. The van der Waals surface area contributed by atoms with Crippen molar-refractivity contribution >= 4 is 8.80 Å². The van der Waals surface area contributed by atoms with E-state index < -0.39 is 8.80 Å². The molecule has 0 saturated carbocycles. The van der Waals surface area contributed by atoms with Crippen molar-refractivity contribution in [1.82, 2.24) is 0 Å². The van der Waals surface area contributed by atoms with Crippen molar-refractivity contribution in [1.29, 1.82) is 0 Å². The summed E-state index contributed by atoms with van der Waals surface area (Å²) < 4.78 is 16.5. The van der Waals surface area contributed by atoms with Crippen LogP contribution in [0.15, 0.2) is 22.9 Å². The molecule has 0 aromatic rings. The zero-order valence-electron chi connectivity index (χ0n) is 10.2. The van der Waals surface area contributed by atoms with Gasteiger partial charge in [-0.25, -0.2) is 0 Å². The van der Waals surface area contributed by atoms with Gasteiger partial charge in [0.2, 0.25) is 0 Å². The number of hydrogen-bond acceptors (Lipinski definition) is 3. The molecule has 4 heteroatoms. The van der Waals surface area contributed by atoms with E-state index >= 15 is 0 Å². The lowest BCUT2D eigenvalue weighted by Gasteiger charge is -2.28. The minimum atomic E-state index is -2.62. The quantitative estimate of drug-likeness (QED) is 0.676. The molecule has 0 aromatic carbocycles. The van der Waals surface area contributed by atoms with Gasteiger partial charge in [-0.3, -0.25) is 0 Å². The van der Waals surface area contributed by atoms with Gasteiger partial charge in [0.05, 0.1) is 0 Å². The summed E-state index contributed by atoms with van der Waals surface area (Å²) in [5.74, 6) is 0.478. The van der Waals surface area contributed by atoms with Crippen LogP contribution in [-0.2, 0) is 13.3 Å². The van der Waals surface area contributed by atoms with Gasteiger partial charge in [0.25, 0.3) is 0 Å². The summed E-state index contributed by atoms with van der Waals surface area (Å²) in [5, 5.41) is 1.13. The minimum Gasteiger partial charge on any atom is -0.373 e. The Morgan fingerprint density at radius 3 is 2.00 bits per heavy atom. The molecular formula is C11H20O3Si. The van der Waals surface area contributed by atoms with Crippen LogP contribution in [0, 0.1) is 5.92 Å². The minimum absolute atomic E-state index is 0.478. The maximum atomic E-state index is 5.49. The molecule has 1 rings (SSSR count). The average molecular weight is 228 g/mol. The van der Waals surface area contributed by atoms with E-state index in [1.165, 1.54) is 5.57 Å². The Morgan fingerprint density at radius 2 is 1.60 bits per heavy atom. The highest BCUT2D eigenvalue weighted by atomic mass is 28.4. The molecule has 0 fully saturated rings. The summed E-state index contributed by atoms with van der Waals surface area (Å²) in [6.45, 7) is 4.34. The fraction of sp³-hybridized carbons (Fsp3) is 0.636. The molecule has 0 aliphatic heterocycles. The summed E-state index contributed by atoms with van der Waals surface area (Å²) in [5.41, 5.74) is 1.30. The van der Waals surface area contributed by atoms with Crippen molar-refractivity contribution in [3.8, 4) is 0 Å². The van der Waals surface area contributed by atoms with Crippen LogP contribution in [0.4, 0.5) is 0 Å². The van der Waals surface area contributed by atoms with E-state index in [-0.39, 0.29) is 0 Å². The highest BCUT2D eigenvalue weighted by Crippen LogP contribution is 2.33. The predicted octanol–water partition coefficient (Wildman–Crippen LogP) is 2.32. The van der Waals surface area contributed by atoms with Crippen molar-refractivity contribution in [3.63, 3.8) is 0 Å². The molecule has 0 spiro atoms. The molecular weight excluding hydrogens is 208 g/mol. The Labute approximate surface area is 93.1 Å². The van der Waals surface area contributed by atoms with Crippen LogP contribution in [0.5, 0.6) is 0 Å². The SMILES string of the molecule is CO[Si](OC)(OC)C1=CCC=C1C(C)C. The molecule has 1 aliphatic carbocycles. The molecule has 3 nitrogen and oxygen atoms in total. The van der Waals surface area contributed by atoms with Gasteiger partial charge in [-0.2, -0.15) is 0 Å². The first kappa shape index (κ1) is 12.6. The fourth-order valence-electron chi connectivity index (χ4n) is 1.96. The van der Waals surface area contributed by atoms with E-state index in [0.29, 0.717) is 5.92 Å². The van der Waals surface area contributed by atoms with E-state index in [1.807, 2.05) is 0 Å². The molecule has 0 heterocycles. The topological polar surface area (TPSA) is 27.7 Å². The number of rotatable bonds is 5. The summed E-state index contributed by atoms with van der Waals surface area (Å²) in [7, 11) is 2.33. The lowest BCUT2D eigenvalue weighted by Crippen LogP contribution is -2.46. The molecule has 1 aliphatic rings. The second kappa shape index (κ2) is 5.07. The van der Waals surface area contributed by atoms with E-state index in [1.54, 1.807) is 21.3 Å². The zero-order chi connectivity index (χ0) is 11.5. The second-order valence-electron chi connectivity index (χ2n) is 3.84. The van der Waals surface area contributed by atoms with Gasteiger partial charge in [0.15, 0.2) is 0 Å². The monoisotopic (exact) mass is 228 g/mol. The molecule has 0 N–H and O–H groups in total. The second-order valence-corrected chi connectivity index (χ2v) is 6.71. The van der Waals surface area contributed by atoms with Crippen LogP contribution in [-0.4, -0.2) is 30.1 Å². The van der Waals surface area contributed by atoms with Crippen molar-refractivity contribution in [2.75, 3.05) is 21.3 Å². The summed E-state index contributed by atoms with van der Waals surface area (Å²) in [6.07, 6.45) is 5.32. The normalized spacial score (nSPS) is 16.9. The zero-order valence-corrected chi connectivity index (χ0v) is 11.2. The van der Waals surface area contributed by atoms with Crippen molar-refractivity contribution < 1.29 is 13.3 Å². The van der Waals surface area contributed by atoms with Crippen LogP contribution in [0.1, 0.15) is 20.3 Å². The Kier molecular flexibility index (Phi) is 4.28. The first-order valence-electron chi connectivity index (χ1n) is 5.17. The van der Waals surface area contributed by atoms with E-state index in [2.05, 4.69) is 26.0 Å². The average Bonchev–Trinajstić information content (AvgIpc) is 2.71. The van der Waals surface area contributed by atoms with E-state index in [4.69, 9.17) is 13.3 Å². The van der Waals surface area contributed by atoms with Gasteiger partial charge in [-0.15, -0.1) is 0 Å². The van der Waals surface area contributed by atoms with Crippen LogP contribution in [0.3, 0.4) is 0 Å². The maximum absolute atomic E-state index is 5.49. The molecule has 0 saturated heterocycles. The summed E-state index contributed by atoms with van der Waals surface area (Å²) in [6, 6.07) is 0. The Morgan fingerprint density at radius 1 is 1.07 bits per heavy atom. The molecule has 0 amide bonds. The molecule has 0 unspecified atom stereocenters. The van der Waals surface area contributed by atoms with Gasteiger partial charge < -0.3 is 13.3 Å². The molecule has 86 valence electrons. The lowest BCUT2D eigenvalue weighted by molar-refractivity contribution is 0.135. The number of allylic oxidation sites excluding steroid dienone is 4. The largest absolute Gasteiger partial charge is 0.536 e. The third-order valence-corrected chi connectivity index (χ3v) is 5.49. The third-order valence-electron chi connectivity index (χ3n) is 2.73. The summed E-state index contributed by atoms with van der Waals surface area (Å²) in [4.78, 5) is 0.